The summed E-state index contributed by atoms with van der Waals surface area (Å²) >= 11 is 0. The number of hydrogen-bond donors (Lipinski definition) is 0. The molecule has 78 valence electrons. The van der Waals surface area contributed by atoms with Crippen molar-refractivity contribution in [3.05, 3.63) is 12.1 Å². The predicted molar refractivity (Wildman–Crippen MR) is 45.5 cm³/mol. The third-order valence-corrected chi connectivity index (χ3v) is 1.42. The number of methoxy groups -OCH3 is 1. The smallest absolute Gasteiger partial charge is 0.445 e. The Bertz CT molecular complexity index is 175. The van der Waals surface area contributed by atoms with E-state index in [9.17, 15) is 12.9 Å². The Kier molecular flexibility index (Phi) is 10.4. The second-order valence-electron chi connectivity index (χ2n) is 2.81. The van der Waals surface area contributed by atoms with E-state index in [1.54, 1.807) is 6.92 Å². The van der Waals surface area contributed by atoms with E-state index in [2.05, 4.69) is 6.58 Å². The molecule has 0 heterocycles. The molecule has 0 N–H and O–H groups in total. The molecule has 7 heteroatoms. The van der Waals surface area contributed by atoms with Gasteiger partial charge in [-0.3, -0.25) is 0 Å². The van der Waals surface area contributed by atoms with Crippen LogP contribution in [0.25, 0.3) is 0 Å². The maximum absolute atomic E-state index is 11.9. The van der Waals surface area contributed by atoms with E-state index in [1.807, 2.05) is 0 Å². The molecular weight excluding hydrogens is 223 g/mol. The maximum Gasteiger partial charge on any atom is 1.00 e. The fourth-order valence-electron chi connectivity index (χ4n) is 0.627. The Balaban J connectivity index is 0. The molecule has 0 spiro atoms. The molecule has 0 radical (unpaired) electrons. The Labute approximate surface area is 125 Å². The summed E-state index contributed by atoms with van der Waals surface area (Å²) in [6.07, 6.45) is -0.347. The molecule has 14 heavy (non-hydrogen) atoms. The quantitative estimate of drug-likeness (QED) is 0.550. The van der Waals surface area contributed by atoms with Gasteiger partial charge in [0, 0.05) is 13.7 Å². The molecule has 0 aliphatic rings. The summed E-state index contributed by atoms with van der Waals surface area (Å²) in [5, 5.41) is 0. The molecule has 0 fully saturated rings. The zero-order valence-corrected chi connectivity index (χ0v) is 11.8. The fraction of sp³-hybridized carbons (Fsp3) is 0.714. The van der Waals surface area contributed by atoms with Crippen LogP contribution in [0.2, 0.25) is 0 Å². The third kappa shape index (κ3) is 8.46. The summed E-state index contributed by atoms with van der Waals surface area (Å²) < 4.78 is 45.3. The van der Waals surface area contributed by atoms with Gasteiger partial charge in [0.15, 0.2) is 0 Å². The number of ether oxygens (including phenoxy) is 2. The van der Waals surface area contributed by atoms with Gasteiger partial charge in [0.05, 0.1) is 12.7 Å². The average Bonchev–Trinajstić information content (AvgIpc) is 1.99. The van der Waals surface area contributed by atoms with Gasteiger partial charge in [-0.15, -0.1) is 12.1 Å². The first-order valence-electron chi connectivity index (χ1n) is 3.86. The van der Waals surface area contributed by atoms with Crippen LogP contribution in [-0.4, -0.2) is 33.4 Å². The normalized spacial score (nSPS) is 13.2. The van der Waals surface area contributed by atoms with Crippen LogP contribution >= 0.6 is 0 Å². The molecule has 0 rings (SSSR count). The molecule has 1 atom stereocenters. The predicted octanol–water partition coefficient (Wildman–Crippen LogP) is -1.02. The molecular formula is C7H13BF3KO2. The molecule has 0 aromatic heterocycles. The van der Waals surface area contributed by atoms with E-state index in [4.69, 9.17) is 9.47 Å². The first kappa shape index (κ1) is 17.5. The van der Waals surface area contributed by atoms with Gasteiger partial charge in [0.2, 0.25) is 0 Å². The van der Waals surface area contributed by atoms with Gasteiger partial charge in [-0.2, -0.15) is 0 Å². The SMILES string of the molecule is C=C(COC(C)COC)[B-](F)(F)F.[K+]. The second-order valence-corrected chi connectivity index (χ2v) is 2.81. The second kappa shape index (κ2) is 8.32. The van der Waals surface area contributed by atoms with Crippen LogP contribution in [0.1, 0.15) is 6.92 Å². The topological polar surface area (TPSA) is 18.5 Å². The third-order valence-electron chi connectivity index (χ3n) is 1.42. The molecule has 2 nitrogen and oxygen atoms in total. The summed E-state index contributed by atoms with van der Waals surface area (Å²) in [6.45, 7) is -0.641. The Morgan fingerprint density at radius 2 is 1.93 bits per heavy atom. The summed E-state index contributed by atoms with van der Waals surface area (Å²) in [7, 11) is 1.46. The maximum atomic E-state index is 11.9. The molecule has 0 aliphatic heterocycles. The largest absolute Gasteiger partial charge is 1.00 e. The van der Waals surface area contributed by atoms with Crippen LogP contribution in [0.5, 0.6) is 0 Å². The molecule has 0 aromatic rings. The Hall–Kier alpha value is 1.15. The van der Waals surface area contributed by atoms with Crippen LogP contribution in [0.3, 0.4) is 0 Å². The minimum Gasteiger partial charge on any atom is -0.445 e. The number of hydrogen-bond acceptors (Lipinski definition) is 2. The molecule has 0 saturated heterocycles. The zero-order valence-electron chi connectivity index (χ0n) is 8.73. The van der Waals surface area contributed by atoms with Gasteiger partial charge < -0.3 is 22.4 Å². The Morgan fingerprint density at radius 3 is 2.29 bits per heavy atom. The monoisotopic (exact) mass is 236 g/mol. The van der Waals surface area contributed by atoms with Crippen molar-refractivity contribution in [2.24, 2.45) is 0 Å². The van der Waals surface area contributed by atoms with Crippen molar-refractivity contribution in [2.75, 3.05) is 20.3 Å². The standard InChI is InChI=1S/C7H13BF3O2.K/c1-6(8(9,10)11)4-13-7(2)5-12-3;/h7H,1,4-5H2,2-3H3;/q-1;+1. The zero-order chi connectivity index (χ0) is 10.5. The molecule has 0 bridgehead atoms. The van der Waals surface area contributed by atoms with E-state index in [1.165, 1.54) is 7.11 Å². The van der Waals surface area contributed by atoms with Crippen molar-refractivity contribution in [3.63, 3.8) is 0 Å². The van der Waals surface area contributed by atoms with Gasteiger partial charge in [0.1, 0.15) is 0 Å². The summed E-state index contributed by atoms with van der Waals surface area (Å²) in [5.74, 6) is 0. The van der Waals surface area contributed by atoms with Crippen molar-refractivity contribution < 1.29 is 73.8 Å². The van der Waals surface area contributed by atoms with Crippen molar-refractivity contribution in [1.29, 1.82) is 0 Å². The number of rotatable bonds is 6. The summed E-state index contributed by atoms with van der Waals surface area (Å²) in [6, 6.07) is 0. The van der Waals surface area contributed by atoms with Crippen molar-refractivity contribution in [3.8, 4) is 0 Å². The number of halogens is 3. The molecule has 0 saturated carbocycles. The van der Waals surface area contributed by atoms with E-state index in [0.29, 0.717) is 0 Å². The van der Waals surface area contributed by atoms with Crippen LogP contribution in [0, 0.1) is 0 Å². The molecule has 0 amide bonds. The van der Waals surface area contributed by atoms with Crippen molar-refractivity contribution >= 4 is 6.98 Å². The van der Waals surface area contributed by atoms with Crippen LogP contribution in [0.4, 0.5) is 12.9 Å². The van der Waals surface area contributed by atoms with Crippen LogP contribution < -0.4 is 51.4 Å². The summed E-state index contributed by atoms with van der Waals surface area (Å²) in [5.41, 5.74) is -0.817. The van der Waals surface area contributed by atoms with Crippen LogP contribution in [-0.2, 0) is 9.47 Å². The molecule has 0 aromatic carbocycles. The molecule has 1 unspecified atom stereocenters. The first-order chi connectivity index (χ1) is 5.88. The van der Waals surface area contributed by atoms with Crippen molar-refractivity contribution in [1.82, 2.24) is 0 Å². The van der Waals surface area contributed by atoms with Gasteiger partial charge in [-0.25, -0.2) is 0 Å². The van der Waals surface area contributed by atoms with Crippen molar-refractivity contribution in [2.45, 2.75) is 13.0 Å². The van der Waals surface area contributed by atoms with E-state index < -0.39 is 19.1 Å². The summed E-state index contributed by atoms with van der Waals surface area (Å²) in [4.78, 5) is 0. The van der Waals surface area contributed by atoms with Crippen LogP contribution in [0.15, 0.2) is 12.1 Å². The van der Waals surface area contributed by atoms with Gasteiger partial charge in [-0.05, 0) is 6.92 Å². The minimum atomic E-state index is -4.97. The van der Waals surface area contributed by atoms with E-state index in [0.717, 1.165) is 0 Å². The Morgan fingerprint density at radius 1 is 1.43 bits per heavy atom. The minimum absolute atomic E-state index is 0. The van der Waals surface area contributed by atoms with E-state index in [-0.39, 0.29) is 64.1 Å². The fourth-order valence-corrected chi connectivity index (χ4v) is 0.627. The average molecular weight is 236 g/mol. The van der Waals surface area contributed by atoms with Gasteiger partial charge in [-0.1, -0.05) is 0 Å². The van der Waals surface area contributed by atoms with Gasteiger partial charge in [0.25, 0.3) is 0 Å². The first-order valence-corrected chi connectivity index (χ1v) is 3.86. The van der Waals surface area contributed by atoms with E-state index >= 15 is 0 Å². The molecule has 0 aliphatic carbocycles. The van der Waals surface area contributed by atoms with Gasteiger partial charge >= 0.3 is 58.4 Å².